The highest BCUT2D eigenvalue weighted by molar-refractivity contribution is 9.10. The smallest absolute Gasteiger partial charge is 0.265 e. The van der Waals surface area contributed by atoms with Crippen LogP contribution in [0.1, 0.15) is 29.6 Å². The molecule has 0 bridgehead atoms. The number of benzene rings is 1. The van der Waals surface area contributed by atoms with Crippen LogP contribution in [-0.4, -0.2) is 20.9 Å². The molecule has 4 nitrogen and oxygen atoms in total. The van der Waals surface area contributed by atoms with Crippen LogP contribution in [0.25, 0.3) is 0 Å². The van der Waals surface area contributed by atoms with Gasteiger partial charge in [0.25, 0.3) is 15.0 Å². The minimum atomic E-state index is -4.46. The van der Waals surface area contributed by atoms with Gasteiger partial charge in [-0.2, -0.15) is 0 Å². The van der Waals surface area contributed by atoms with E-state index in [1.54, 1.807) is 0 Å². The predicted octanol–water partition coefficient (Wildman–Crippen LogP) is 3.18. The number of carbonyl (C=O) groups excluding carboxylic acids is 1. The molecule has 0 spiro atoms. The predicted molar refractivity (Wildman–Crippen MR) is 76.8 cm³/mol. The molecule has 1 aliphatic carbocycles. The molecule has 0 heterocycles. The summed E-state index contributed by atoms with van der Waals surface area (Å²) in [6.07, 6.45) is 2.97. The number of halogens is 4. The van der Waals surface area contributed by atoms with Crippen LogP contribution in [0.15, 0.2) is 15.4 Å². The van der Waals surface area contributed by atoms with E-state index in [0.717, 1.165) is 19.3 Å². The molecule has 0 atom stereocenters. The zero-order valence-corrected chi connectivity index (χ0v) is 13.8. The zero-order valence-electron chi connectivity index (χ0n) is 10.6. The molecule has 1 saturated carbocycles. The first-order valence-electron chi connectivity index (χ1n) is 6.12. The molecule has 1 aromatic carbocycles. The van der Waals surface area contributed by atoms with Crippen LogP contribution < -0.4 is 5.32 Å². The molecule has 1 N–H and O–H groups in total. The normalized spacial score (nSPS) is 15.6. The fourth-order valence-corrected chi connectivity index (χ4v) is 4.38. The first kappa shape index (κ1) is 16.6. The number of amides is 1. The van der Waals surface area contributed by atoms with Gasteiger partial charge in [0.2, 0.25) is 0 Å². The molecule has 2 rings (SSSR count). The van der Waals surface area contributed by atoms with Crippen LogP contribution >= 0.6 is 26.6 Å². The summed E-state index contributed by atoms with van der Waals surface area (Å²) in [6.45, 7) is 0.302. The topological polar surface area (TPSA) is 63.2 Å². The highest BCUT2D eigenvalue weighted by Crippen LogP contribution is 2.32. The van der Waals surface area contributed by atoms with Crippen molar-refractivity contribution >= 4 is 41.6 Å². The SMILES string of the molecule is O=C(NCC1CCC1)c1c(F)cc(Br)c(S(=O)(=O)Cl)c1F. The Morgan fingerprint density at radius 2 is 2.05 bits per heavy atom. The second-order valence-electron chi connectivity index (χ2n) is 4.80. The Morgan fingerprint density at radius 1 is 1.43 bits per heavy atom. The molecule has 0 saturated heterocycles. The van der Waals surface area contributed by atoms with Gasteiger partial charge in [-0.05, 0) is 40.8 Å². The summed E-state index contributed by atoms with van der Waals surface area (Å²) in [5.41, 5.74) is -0.947. The van der Waals surface area contributed by atoms with Crippen molar-refractivity contribution in [1.29, 1.82) is 0 Å². The lowest BCUT2D eigenvalue weighted by Crippen LogP contribution is -2.33. The number of rotatable bonds is 4. The maximum absolute atomic E-state index is 14.2. The molecule has 0 radical (unpaired) electrons. The summed E-state index contributed by atoms with van der Waals surface area (Å²) in [6, 6.07) is 0.705. The highest BCUT2D eigenvalue weighted by Gasteiger charge is 2.29. The van der Waals surface area contributed by atoms with E-state index >= 15 is 0 Å². The summed E-state index contributed by atoms with van der Waals surface area (Å²) in [4.78, 5) is 10.9. The lowest BCUT2D eigenvalue weighted by Gasteiger charge is -2.25. The average molecular weight is 403 g/mol. The van der Waals surface area contributed by atoms with Gasteiger partial charge in [-0.15, -0.1) is 0 Å². The quantitative estimate of drug-likeness (QED) is 0.787. The number of nitrogens with one attached hydrogen (secondary N) is 1. The first-order chi connectivity index (χ1) is 9.71. The fourth-order valence-electron chi connectivity index (χ4n) is 2.03. The summed E-state index contributed by atoms with van der Waals surface area (Å²) in [5, 5.41) is 2.41. The van der Waals surface area contributed by atoms with Crippen molar-refractivity contribution in [2.75, 3.05) is 6.54 Å². The van der Waals surface area contributed by atoms with Gasteiger partial charge in [0.1, 0.15) is 16.3 Å². The monoisotopic (exact) mass is 401 g/mol. The number of hydrogen-bond acceptors (Lipinski definition) is 3. The molecule has 1 aliphatic rings. The Balaban J connectivity index is 2.36. The van der Waals surface area contributed by atoms with Crippen LogP contribution in [-0.2, 0) is 9.05 Å². The highest BCUT2D eigenvalue weighted by atomic mass is 79.9. The van der Waals surface area contributed by atoms with Gasteiger partial charge in [-0.1, -0.05) is 6.42 Å². The van der Waals surface area contributed by atoms with Gasteiger partial charge >= 0.3 is 0 Å². The molecule has 0 aliphatic heterocycles. The Morgan fingerprint density at radius 3 is 2.52 bits per heavy atom. The summed E-state index contributed by atoms with van der Waals surface area (Å²) >= 11 is 2.72. The van der Waals surface area contributed by atoms with E-state index < -0.39 is 37.1 Å². The minimum Gasteiger partial charge on any atom is -0.352 e. The second-order valence-corrected chi connectivity index (χ2v) is 8.16. The molecule has 116 valence electrons. The van der Waals surface area contributed by atoms with Crippen molar-refractivity contribution in [3.8, 4) is 0 Å². The Hall–Kier alpha value is -0.730. The van der Waals surface area contributed by atoms with Gasteiger partial charge in [-0.25, -0.2) is 17.2 Å². The van der Waals surface area contributed by atoms with Crippen molar-refractivity contribution in [1.82, 2.24) is 5.32 Å². The Kier molecular flexibility index (Phi) is 4.89. The Bertz CT molecular complexity index is 692. The maximum atomic E-state index is 14.2. The second kappa shape index (κ2) is 6.18. The molecule has 0 aromatic heterocycles. The van der Waals surface area contributed by atoms with Crippen LogP contribution in [0.4, 0.5) is 8.78 Å². The van der Waals surface area contributed by atoms with E-state index in [0.29, 0.717) is 18.5 Å². The Labute approximate surface area is 133 Å². The summed E-state index contributed by atoms with van der Waals surface area (Å²) in [7, 11) is 0.647. The van der Waals surface area contributed by atoms with Gasteiger partial charge in [0, 0.05) is 21.7 Å². The largest absolute Gasteiger partial charge is 0.352 e. The minimum absolute atomic E-state index is 0.298. The molecule has 1 amide bonds. The van der Waals surface area contributed by atoms with Gasteiger partial charge in [-0.3, -0.25) is 4.79 Å². The van der Waals surface area contributed by atoms with Gasteiger partial charge in [0.05, 0.1) is 0 Å². The number of carbonyl (C=O) groups is 1. The molecule has 21 heavy (non-hydrogen) atoms. The standard InChI is InChI=1S/C12H11BrClF2NO3S/c13-7-4-8(15)9(10(16)11(7)21(14,19)20)12(18)17-5-6-2-1-3-6/h4,6H,1-3,5H2,(H,17,18). The lowest BCUT2D eigenvalue weighted by molar-refractivity contribution is 0.0930. The van der Waals surface area contributed by atoms with E-state index in [1.807, 2.05) is 0 Å². The van der Waals surface area contributed by atoms with Crippen LogP contribution in [0, 0.1) is 17.6 Å². The number of hydrogen-bond donors (Lipinski definition) is 1. The van der Waals surface area contributed by atoms with Crippen LogP contribution in [0.2, 0.25) is 0 Å². The molecular weight excluding hydrogens is 392 g/mol. The van der Waals surface area contributed by atoms with Gasteiger partial charge < -0.3 is 5.32 Å². The van der Waals surface area contributed by atoms with E-state index in [2.05, 4.69) is 21.2 Å². The third-order valence-corrected chi connectivity index (χ3v) is 5.61. The summed E-state index contributed by atoms with van der Waals surface area (Å²) in [5.74, 6) is -3.35. The third kappa shape index (κ3) is 3.54. The zero-order chi connectivity index (χ0) is 15.8. The van der Waals surface area contributed by atoms with Gasteiger partial charge in [0.15, 0.2) is 5.82 Å². The average Bonchev–Trinajstić information content (AvgIpc) is 2.23. The molecular formula is C12H11BrClF2NO3S. The van der Waals surface area contributed by atoms with Crippen LogP contribution in [0.5, 0.6) is 0 Å². The lowest BCUT2D eigenvalue weighted by atomic mass is 9.85. The van der Waals surface area contributed by atoms with Crippen molar-refractivity contribution < 1.29 is 22.0 Å². The third-order valence-electron chi connectivity index (χ3n) is 3.37. The molecule has 0 unspecified atom stereocenters. The van der Waals surface area contributed by atoms with Crippen molar-refractivity contribution in [2.24, 2.45) is 5.92 Å². The van der Waals surface area contributed by atoms with E-state index in [9.17, 15) is 22.0 Å². The van der Waals surface area contributed by atoms with E-state index in [1.165, 1.54) is 0 Å². The van der Waals surface area contributed by atoms with Crippen molar-refractivity contribution in [3.05, 3.63) is 27.7 Å². The molecule has 1 fully saturated rings. The summed E-state index contributed by atoms with van der Waals surface area (Å²) < 4.78 is 50.2. The first-order valence-corrected chi connectivity index (χ1v) is 9.22. The van der Waals surface area contributed by atoms with Crippen molar-refractivity contribution in [2.45, 2.75) is 24.2 Å². The van der Waals surface area contributed by atoms with Crippen LogP contribution in [0.3, 0.4) is 0 Å². The molecule has 1 aromatic rings. The van der Waals surface area contributed by atoms with Crippen molar-refractivity contribution in [3.63, 3.8) is 0 Å². The van der Waals surface area contributed by atoms with E-state index in [-0.39, 0.29) is 4.47 Å². The fraction of sp³-hybridized carbons (Fsp3) is 0.417. The maximum Gasteiger partial charge on any atom is 0.265 e. The van der Waals surface area contributed by atoms with E-state index in [4.69, 9.17) is 10.7 Å². The molecule has 9 heteroatoms.